The second-order valence-corrected chi connectivity index (χ2v) is 6.86. The highest BCUT2D eigenvalue weighted by Crippen LogP contribution is 2.42. The van der Waals surface area contributed by atoms with Gasteiger partial charge in [-0.15, -0.1) is 5.10 Å². The standard InChI is InChI=1S/C19H25N3O4/c1-4-25-18(24)15-16-20-14(13-8-6-5-7-9-13)12-19(2,3)22(16)21-17(15)26-11-10-23/h5-9,14,20,23H,4,10-12H2,1-3H3. The normalized spacial score (nSPS) is 17.9. The van der Waals surface area contributed by atoms with Gasteiger partial charge in [0.1, 0.15) is 12.4 Å². The Bertz CT molecular complexity index is 771. The maximum atomic E-state index is 12.6. The summed E-state index contributed by atoms with van der Waals surface area (Å²) in [5, 5.41) is 17.0. The van der Waals surface area contributed by atoms with Crippen LogP contribution >= 0.6 is 0 Å². The van der Waals surface area contributed by atoms with E-state index in [4.69, 9.17) is 14.6 Å². The molecule has 1 aliphatic heterocycles. The summed E-state index contributed by atoms with van der Waals surface area (Å²) < 4.78 is 12.5. The molecule has 0 amide bonds. The van der Waals surface area contributed by atoms with E-state index in [2.05, 4.69) is 36.4 Å². The zero-order chi connectivity index (χ0) is 18.7. The van der Waals surface area contributed by atoms with Crippen molar-refractivity contribution in [2.45, 2.75) is 38.8 Å². The highest BCUT2D eigenvalue weighted by atomic mass is 16.5. The molecule has 7 nitrogen and oxygen atoms in total. The molecule has 2 aromatic rings. The van der Waals surface area contributed by atoms with Crippen LogP contribution in [0.4, 0.5) is 5.82 Å². The number of ether oxygens (including phenoxy) is 2. The van der Waals surface area contributed by atoms with Crippen LogP contribution in [-0.4, -0.2) is 40.7 Å². The number of esters is 1. The van der Waals surface area contributed by atoms with Crippen LogP contribution in [0.3, 0.4) is 0 Å². The molecular weight excluding hydrogens is 334 g/mol. The number of rotatable bonds is 6. The molecule has 140 valence electrons. The van der Waals surface area contributed by atoms with Crippen LogP contribution < -0.4 is 10.1 Å². The summed E-state index contributed by atoms with van der Waals surface area (Å²) in [4.78, 5) is 12.6. The van der Waals surface area contributed by atoms with Crippen LogP contribution in [0.15, 0.2) is 30.3 Å². The summed E-state index contributed by atoms with van der Waals surface area (Å²) in [6.07, 6.45) is 0.799. The number of benzene rings is 1. The largest absolute Gasteiger partial charge is 0.474 e. The number of aromatic nitrogens is 2. The van der Waals surface area contributed by atoms with E-state index in [0.29, 0.717) is 5.82 Å². The number of hydrogen-bond acceptors (Lipinski definition) is 6. The molecule has 26 heavy (non-hydrogen) atoms. The predicted octanol–water partition coefficient (Wildman–Crippen LogP) is 2.72. The van der Waals surface area contributed by atoms with Crippen LogP contribution in [0.1, 0.15) is 49.2 Å². The van der Waals surface area contributed by atoms with E-state index in [1.54, 1.807) is 11.6 Å². The molecule has 1 aliphatic rings. The van der Waals surface area contributed by atoms with Crippen molar-refractivity contribution in [3.05, 3.63) is 41.5 Å². The molecule has 0 radical (unpaired) electrons. The molecule has 1 unspecified atom stereocenters. The Labute approximate surface area is 152 Å². The maximum absolute atomic E-state index is 12.6. The highest BCUT2D eigenvalue weighted by Gasteiger charge is 2.39. The van der Waals surface area contributed by atoms with Gasteiger partial charge in [-0.05, 0) is 32.8 Å². The molecule has 1 aromatic carbocycles. The van der Waals surface area contributed by atoms with E-state index in [1.807, 2.05) is 18.2 Å². The summed E-state index contributed by atoms with van der Waals surface area (Å²) in [6, 6.07) is 10.1. The van der Waals surface area contributed by atoms with Crippen LogP contribution in [0, 0.1) is 0 Å². The summed E-state index contributed by atoms with van der Waals surface area (Å²) in [5.74, 6) is 0.280. The first-order chi connectivity index (χ1) is 12.5. The van der Waals surface area contributed by atoms with Crippen molar-refractivity contribution in [3.63, 3.8) is 0 Å². The summed E-state index contributed by atoms with van der Waals surface area (Å²) in [5.41, 5.74) is 1.08. The van der Waals surface area contributed by atoms with Crippen molar-refractivity contribution in [2.75, 3.05) is 25.1 Å². The fraction of sp³-hybridized carbons (Fsp3) is 0.474. The number of anilines is 1. The number of nitrogens with one attached hydrogen (secondary N) is 1. The van der Waals surface area contributed by atoms with E-state index in [-0.39, 0.29) is 42.8 Å². The Morgan fingerprint density at radius 3 is 2.77 bits per heavy atom. The van der Waals surface area contributed by atoms with Gasteiger partial charge >= 0.3 is 5.97 Å². The Balaban J connectivity index is 2.06. The third kappa shape index (κ3) is 3.39. The highest BCUT2D eigenvalue weighted by molar-refractivity contribution is 5.97. The summed E-state index contributed by atoms with van der Waals surface area (Å²) in [7, 11) is 0. The molecule has 7 heteroatoms. The van der Waals surface area contributed by atoms with Crippen LogP contribution in [-0.2, 0) is 10.3 Å². The lowest BCUT2D eigenvalue weighted by atomic mass is 9.89. The molecule has 0 bridgehead atoms. The number of aliphatic hydroxyl groups excluding tert-OH is 1. The minimum atomic E-state index is -0.487. The fourth-order valence-electron chi connectivity index (χ4n) is 3.29. The lowest BCUT2D eigenvalue weighted by Crippen LogP contribution is -2.38. The third-order valence-corrected chi connectivity index (χ3v) is 4.45. The molecule has 0 saturated heterocycles. The Kier molecular flexibility index (Phi) is 5.18. The minimum Gasteiger partial charge on any atom is -0.474 e. The fourth-order valence-corrected chi connectivity index (χ4v) is 3.29. The molecule has 0 spiro atoms. The van der Waals surface area contributed by atoms with Gasteiger partial charge in [0.15, 0.2) is 5.56 Å². The molecule has 1 aromatic heterocycles. The van der Waals surface area contributed by atoms with Crippen molar-refractivity contribution in [3.8, 4) is 5.88 Å². The van der Waals surface area contributed by atoms with Gasteiger partial charge < -0.3 is 19.9 Å². The average molecular weight is 359 g/mol. The minimum absolute atomic E-state index is 0.0364. The topological polar surface area (TPSA) is 85.6 Å². The molecule has 0 aliphatic carbocycles. The van der Waals surface area contributed by atoms with Crippen LogP contribution in [0.2, 0.25) is 0 Å². The van der Waals surface area contributed by atoms with Crippen molar-refractivity contribution < 1.29 is 19.4 Å². The number of carbonyl (C=O) groups is 1. The maximum Gasteiger partial charge on any atom is 0.347 e. The van der Waals surface area contributed by atoms with Crippen molar-refractivity contribution in [1.82, 2.24) is 9.78 Å². The van der Waals surface area contributed by atoms with Gasteiger partial charge in [-0.1, -0.05) is 30.3 Å². The van der Waals surface area contributed by atoms with Crippen molar-refractivity contribution >= 4 is 11.8 Å². The molecule has 1 atom stereocenters. The number of aliphatic hydroxyl groups is 1. The van der Waals surface area contributed by atoms with Gasteiger partial charge in [-0.2, -0.15) is 0 Å². The zero-order valence-electron chi connectivity index (χ0n) is 15.4. The molecular formula is C19H25N3O4. The third-order valence-electron chi connectivity index (χ3n) is 4.45. The Morgan fingerprint density at radius 2 is 2.12 bits per heavy atom. The first kappa shape index (κ1) is 18.3. The van der Waals surface area contributed by atoms with E-state index in [1.165, 1.54) is 0 Å². The quantitative estimate of drug-likeness (QED) is 0.772. The summed E-state index contributed by atoms with van der Waals surface area (Å²) in [6.45, 7) is 6.07. The predicted molar refractivity (Wildman–Crippen MR) is 97.5 cm³/mol. The molecule has 2 heterocycles. The second-order valence-electron chi connectivity index (χ2n) is 6.86. The Hall–Kier alpha value is -2.54. The Morgan fingerprint density at radius 1 is 1.38 bits per heavy atom. The first-order valence-corrected chi connectivity index (χ1v) is 8.83. The SMILES string of the molecule is CCOC(=O)c1c(OCCO)nn2c1NC(c1ccccc1)CC2(C)C. The van der Waals surface area contributed by atoms with E-state index < -0.39 is 5.97 Å². The monoisotopic (exact) mass is 359 g/mol. The van der Waals surface area contributed by atoms with Crippen LogP contribution in [0.25, 0.3) is 0 Å². The van der Waals surface area contributed by atoms with Crippen molar-refractivity contribution in [1.29, 1.82) is 0 Å². The van der Waals surface area contributed by atoms with E-state index >= 15 is 0 Å². The molecule has 0 fully saturated rings. The number of carbonyl (C=O) groups excluding carboxylic acids is 1. The number of fused-ring (bicyclic) bond motifs is 1. The van der Waals surface area contributed by atoms with Crippen molar-refractivity contribution in [2.24, 2.45) is 0 Å². The van der Waals surface area contributed by atoms with Gasteiger partial charge in [0.25, 0.3) is 0 Å². The van der Waals surface area contributed by atoms with Gasteiger partial charge in [-0.25, -0.2) is 9.48 Å². The van der Waals surface area contributed by atoms with Gasteiger partial charge in [0.05, 0.1) is 24.8 Å². The lowest BCUT2D eigenvalue weighted by Gasteiger charge is -2.38. The van der Waals surface area contributed by atoms with E-state index in [0.717, 1.165) is 12.0 Å². The number of hydrogen-bond donors (Lipinski definition) is 2. The van der Waals surface area contributed by atoms with Gasteiger partial charge in [0.2, 0.25) is 5.88 Å². The average Bonchev–Trinajstić information content (AvgIpc) is 3.00. The van der Waals surface area contributed by atoms with Gasteiger partial charge in [-0.3, -0.25) is 0 Å². The van der Waals surface area contributed by atoms with Gasteiger partial charge in [0, 0.05) is 0 Å². The zero-order valence-corrected chi connectivity index (χ0v) is 15.4. The molecule has 3 rings (SSSR count). The summed E-state index contributed by atoms with van der Waals surface area (Å²) >= 11 is 0. The van der Waals surface area contributed by atoms with E-state index in [9.17, 15) is 4.79 Å². The molecule has 2 N–H and O–H groups in total. The molecule has 0 saturated carbocycles. The van der Waals surface area contributed by atoms with Crippen LogP contribution in [0.5, 0.6) is 5.88 Å². The smallest absolute Gasteiger partial charge is 0.347 e. The first-order valence-electron chi connectivity index (χ1n) is 8.83. The lowest BCUT2D eigenvalue weighted by molar-refractivity contribution is 0.0521. The second kappa shape index (κ2) is 7.37. The number of nitrogens with zero attached hydrogens (tertiary/aromatic N) is 2.